The van der Waals surface area contributed by atoms with Crippen molar-refractivity contribution in [1.82, 2.24) is 9.97 Å². The van der Waals surface area contributed by atoms with Gasteiger partial charge in [-0.15, -0.1) is 0 Å². The van der Waals surface area contributed by atoms with E-state index >= 15 is 0 Å². The van der Waals surface area contributed by atoms with Crippen molar-refractivity contribution in [1.29, 1.82) is 0 Å². The van der Waals surface area contributed by atoms with E-state index in [1.807, 2.05) is 19.3 Å². The molecule has 1 rings (SSSR count). The van der Waals surface area contributed by atoms with Gasteiger partial charge in [-0.3, -0.25) is 0 Å². The molecule has 0 saturated carbocycles. The van der Waals surface area contributed by atoms with Crippen molar-refractivity contribution in [3.05, 3.63) is 23.8 Å². The second kappa shape index (κ2) is 3.86. The lowest BCUT2D eigenvalue weighted by atomic mass is 9.89. The predicted octanol–water partition coefficient (Wildman–Crippen LogP) is 2.76. The third kappa shape index (κ3) is 4.02. The Hall–Kier alpha value is -0.920. The summed E-state index contributed by atoms with van der Waals surface area (Å²) < 4.78 is 0. The lowest BCUT2D eigenvalue weighted by Crippen LogP contribution is -2.06. The van der Waals surface area contributed by atoms with Crippen LogP contribution in [0.15, 0.2) is 12.4 Å². The smallest absolute Gasteiger partial charge is 0.125 e. The monoisotopic (exact) mass is 178 g/mol. The molecule has 0 saturated heterocycles. The normalized spacial score (nSPS) is 11.7. The largest absolute Gasteiger partial charge is 0.241 e. The van der Waals surface area contributed by atoms with Gasteiger partial charge in [0.1, 0.15) is 5.82 Å². The minimum atomic E-state index is 0.394. The van der Waals surface area contributed by atoms with Crippen LogP contribution in [0.5, 0.6) is 0 Å². The summed E-state index contributed by atoms with van der Waals surface area (Å²) in [5, 5.41) is 0. The van der Waals surface area contributed by atoms with Gasteiger partial charge in [0.2, 0.25) is 0 Å². The zero-order chi connectivity index (χ0) is 9.90. The van der Waals surface area contributed by atoms with Crippen molar-refractivity contribution < 1.29 is 0 Å². The van der Waals surface area contributed by atoms with E-state index in [1.165, 1.54) is 12.0 Å². The minimum absolute atomic E-state index is 0.394. The molecular formula is C11H18N2. The van der Waals surface area contributed by atoms with Crippen LogP contribution in [0.3, 0.4) is 0 Å². The summed E-state index contributed by atoms with van der Waals surface area (Å²) in [5.41, 5.74) is 1.63. The maximum atomic E-state index is 4.17. The van der Waals surface area contributed by atoms with Gasteiger partial charge in [-0.1, -0.05) is 20.8 Å². The summed E-state index contributed by atoms with van der Waals surface area (Å²) in [6.45, 7) is 8.67. The Morgan fingerprint density at radius 1 is 1.15 bits per heavy atom. The molecule has 2 heteroatoms. The fourth-order valence-electron chi connectivity index (χ4n) is 1.07. The van der Waals surface area contributed by atoms with Crippen LogP contribution in [0, 0.1) is 12.3 Å². The van der Waals surface area contributed by atoms with Crippen LogP contribution in [-0.4, -0.2) is 9.97 Å². The van der Waals surface area contributed by atoms with Crippen LogP contribution < -0.4 is 0 Å². The van der Waals surface area contributed by atoms with Crippen LogP contribution in [-0.2, 0) is 6.42 Å². The maximum absolute atomic E-state index is 4.17. The van der Waals surface area contributed by atoms with Crippen molar-refractivity contribution in [3.63, 3.8) is 0 Å². The number of hydrogen-bond donors (Lipinski definition) is 0. The third-order valence-corrected chi connectivity index (χ3v) is 2.00. The Morgan fingerprint density at radius 3 is 2.15 bits per heavy atom. The van der Waals surface area contributed by atoms with Crippen LogP contribution in [0.2, 0.25) is 0 Å². The highest BCUT2D eigenvalue weighted by Crippen LogP contribution is 2.20. The lowest BCUT2D eigenvalue weighted by molar-refractivity contribution is 0.378. The van der Waals surface area contributed by atoms with Crippen molar-refractivity contribution in [2.75, 3.05) is 0 Å². The summed E-state index contributed by atoms with van der Waals surface area (Å²) >= 11 is 0. The van der Waals surface area contributed by atoms with Crippen LogP contribution in [0.1, 0.15) is 38.6 Å². The second-order valence-electron chi connectivity index (χ2n) is 4.70. The first-order valence-electron chi connectivity index (χ1n) is 4.75. The lowest BCUT2D eigenvalue weighted by Gasteiger charge is -2.17. The first-order valence-corrected chi connectivity index (χ1v) is 4.75. The van der Waals surface area contributed by atoms with Crippen molar-refractivity contribution in [2.24, 2.45) is 5.41 Å². The van der Waals surface area contributed by atoms with Gasteiger partial charge in [-0.25, -0.2) is 9.97 Å². The van der Waals surface area contributed by atoms with Crippen LogP contribution in [0.25, 0.3) is 0 Å². The second-order valence-corrected chi connectivity index (χ2v) is 4.70. The molecule has 1 aromatic heterocycles. The third-order valence-electron chi connectivity index (χ3n) is 2.00. The molecule has 0 aromatic carbocycles. The molecule has 1 heterocycles. The quantitative estimate of drug-likeness (QED) is 0.696. The fourth-order valence-corrected chi connectivity index (χ4v) is 1.07. The molecule has 72 valence electrons. The van der Waals surface area contributed by atoms with Crippen molar-refractivity contribution >= 4 is 0 Å². The average molecular weight is 178 g/mol. The minimum Gasteiger partial charge on any atom is -0.241 e. The SMILES string of the molecule is Cc1ncc(CCC(C)(C)C)cn1. The van der Waals surface area contributed by atoms with Gasteiger partial charge in [-0.2, -0.15) is 0 Å². The molecule has 0 unspecified atom stereocenters. The highest BCUT2D eigenvalue weighted by Gasteiger charge is 2.09. The maximum Gasteiger partial charge on any atom is 0.125 e. The molecule has 0 radical (unpaired) electrons. The van der Waals surface area contributed by atoms with E-state index in [0.717, 1.165) is 12.2 Å². The van der Waals surface area contributed by atoms with Gasteiger partial charge in [-0.05, 0) is 30.7 Å². The van der Waals surface area contributed by atoms with Crippen molar-refractivity contribution in [3.8, 4) is 0 Å². The summed E-state index contributed by atoms with van der Waals surface area (Å²) in [5.74, 6) is 0.847. The first-order chi connectivity index (χ1) is 5.97. The molecule has 0 aliphatic heterocycles. The molecule has 1 aromatic rings. The van der Waals surface area contributed by atoms with E-state index < -0.39 is 0 Å². The molecule has 0 aliphatic carbocycles. The molecule has 0 spiro atoms. The highest BCUT2D eigenvalue weighted by atomic mass is 14.8. The Labute approximate surface area is 80.4 Å². The van der Waals surface area contributed by atoms with E-state index in [2.05, 4.69) is 30.7 Å². The zero-order valence-corrected chi connectivity index (χ0v) is 8.96. The first kappa shape index (κ1) is 10.2. The number of hydrogen-bond acceptors (Lipinski definition) is 2. The summed E-state index contributed by atoms with van der Waals surface area (Å²) in [4.78, 5) is 8.34. The Kier molecular flexibility index (Phi) is 3.02. The van der Waals surface area contributed by atoms with Crippen molar-refractivity contribution in [2.45, 2.75) is 40.5 Å². The number of nitrogens with zero attached hydrogens (tertiary/aromatic N) is 2. The molecule has 0 aliphatic rings. The summed E-state index contributed by atoms with van der Waals surface area (Å²) in [7, 11) is 0. The number of rotatable bonds is 2. The van der Waals surface area contributed by atoms with E-state index in [9.17, 15) is 0 Å². The van der Waals surface area contributed by atoms with Gasteiger partial charge in [0.05, 0.1) is 0 Å². The zero-order valence-electron chi connectivity index (χ0n) is 8.96. The van der Waals surface area contributed by atoms with E-state index in [0.29, 0.717) is 5.41 Å². The van der Waals surface area contributed by atoms with Crippen LogP contribution >= 0.6 is 0 Å². The van der Waals surface area contributed by atoms with Gasteiger partial charge in [0, 0.05) is 12.4 Å². The Bertz CT molecular complexity index is 256. The van der Waals surface area contributed by atoms with Gasteiger partial charge in [0.25, 0.3) is 0 Å². The molecule has 0 amide bonds. The van der Waals surface area contributed by atoms with E-state index in [4.69, 9.17) is 0 Å². The number of aryl methyl sites for hydroxylation is 2. The fraction of sp³-hybridized carbons (Fsp3) is 0.636. The summed E-state index contributed by atoms with van der Waals surface area (Å²) in [6.07, 6.45) is 6.10. The highest BCUT2D eigenvalue weighted by molar-refractivity contribution is 5.05. The van der Waals surface area contributed by atoms with E-state index in [-0.39, 0.29) is 0 Å². The average Bonchev–Trinajstić information content (AvgIpc) is 2.02. The number of aromatic nitrogens is 2. The molecule has 2 nitrogen and oxygen atoms in total. The van der Waals surface area contributed by atoms with Gasteiger partial charge in [0.15, 0.2) is 0 Å². The Balaban J connectivity index is 2.51. The molecule has 13 heavy (non-hydrogen) atoms. The Morgan fingerprint density at radius 2 is 1.69 bits per heavy atom. The molecule has 0 atom stereocenters. The standard InChI is InChI=1S/C11H18N2/c1-9-12-7-10(8-13-9)5-6-11(2,3)4/h7-8H,5-6H2,1-4H3. The van der Waals surface area contributed by atoms with E-state index in [1.54, 1.807) is 0 Å². The molecular weight excluding hydrogens is 160 g/mol. The molecule has 0 fully saturated rings. The van der Waals surface area contributed by atoms with Gasteiger partial charge >= 0.3 is 0 Å². The molecule has 0 bridgehead atoms. The summed E-state index contributed by atoms with van der Waals surface area (Å²) in [6, 6.07) is 0. The predicted molar refractivity (Wildman–Crippen MR) is 54.5 cm³/mol. The topological polar surface area (TPSA) is 25.8 Å². The van der Waals surface area contributed by atoms with Gasteiger partial charge < -0.3 is 0 Å². The van der Waals surface area contributed by atoms with Crippen LogP contribution in [0.4, 0.5) is 0 Å². The molecule has 0 N–H and O–H groups in total.